The van der Waals surface area contributed by atoms with E-state index in [2.05, 4.69) is 0 Å². The standard InChI is InChI=1S/C24H18ClFO4/c1-14-8-19(29-13-16-6-7-17(26)11-20(16)25)12-21-23(14)24(27)22(30-21)10-15-4-3-5-18(9-15)28-2/h3-12H,13H2,1-2H3/b22-10-. The van der Waals surface area contributed by atoms with Crippen LogP contribution in [0.15, 0.2) is 60.4 Å². The third-order valence-electron chi connectivity index (χ3n) is 4.74. The monoisotopic (exact) mass is 424 g/mol. The van der Waals surface area contributed by atoms with Crippen molar-refractivity contribution in [2.45, 2.75) is 13.5 Å². The van der Waals surface area contributed by atoms with Gasteiger partial charge < -0.3 is 14.2 Å². The van der Waals surface area contributed by atoms with E-state index in [9.17, 15) is 9.18 Å². The molecule has 0 N–H and O–H groups in total. The van der Waals surface area contributed by atoms with Crippen LogP contribution in [0.1, 0.15) is 27.0 Å². The fourth-order valence-corrected chi connectivity index (χ4v) is 3.47. The second-order valence-electron chi connectivity index (χ2n) is 6.85. The summed E-state index contributed by atoms with van der Waals surface area (Å²) in [6.07, 6.45) is 1.68. The molecule has 0 fully saturated rings. The average Bonchev–Trinajstić information content (AvgIpc) is 3.03. The lowest BCUT2D eigenvalue weighted by Gasteiger charge is -2.10. The van der Waals surface area contributed by atoms with Crippen LogP contribution in [-0.4, -0.2) is 12.9 Å². The van der Waals surface area contributed by atoms with Gasteiger partial charge in [-0.15, -0.1) is 0 Å². The SMILES string of the molecule is COc1cccc(/C=C2\Oc3cc(OCc4ccc(F)cc4Cl)cc(C)c3C2=O)c1. The minimum Gasteiger partial charge on any atom is -0.497 e. The van der Waals surface area contributed by atoms with Gasteiger partial charge in [-0.05, 0) is 54.5 Å². The third kappa shape index (κ3) is 4.02. The van der Waals surface area contributed by atoms with Gasteiger partial charge in [-0.2, -0.15) is 0 Å². The molecule has 0 aromatic heterocycles. The van der Waals surface area contributed by atoms with E-state index in [1.165, 1.54) is 12.1 Å². The van der Waals surface area contributed by atoms with Crippen molar-refractivity contribution in [2.24, 2.45) is 0 Å². The average molecular weight is 425 g/mol. The minimum atomic E-state index is -0.403. The first-order chi connectivity index (χ1) is 14.4. The van der Waals surface area contributed by atoms with Gasteiger partial charge in [-0.3, -0.25) is 4.79 Å². The van der Waals surface area contributed by atoms with Crippen LogP contribution in [0.2, 0.25) is 5.02 Å². The van der Waals surface area contributed by atoms with E-state index in [-0.39, 0.29) is 18.1 Å². The maximum atomic E-state index is 13.2. The van der Waals surface area contributed by atoms with Crippen molar-refractivity contribution in [2.75, 3.05) is 7.11 Å². The predicted molar refractivity (Wildman–Crippen MR) is 113 cm³/mol. The number of hydrogen-bond donors (Lipinski definition) is 0. The second kappa shape index (κ2) is 8.20. The largest absolute Gasteiger partial charge is 0.497 e. The number of ether oxygens (including phenoxy) is 3. The topological polar surface area (TPSA) is 44.8 Å². The smallest absolute Gasteiger partial charge is 0.232 e. The summed E-state index contributed by atoms with van der Waals surface area (Å²) in [6.45, 7) is 1.99. The van der Waals surface area contributed by atoms with Gasteiger partial charge in [0.15, 0.2) is 5.76 Å². The van der Waals surface area contributed by atoms with Crippen LogP contribution in [0.3, 0.4) is 0 Å². The Morgan fingerprint density at radius 1 is 1.10 bits per heavy atom. The summed E-state index contributed by atoms with van der Waals surface area (Å²) in [4.78, 5) is 12.8. The zero-order valence-electron chi connectivity index (χ0n) is 16.4. The number of ketones is 1. The van der Waals surface area contributed by atoms with Crippen molar-refractivity contribution in [1.29, 1.82) is 0 Å². The molecule has 0 radical (unpaired) electrons. The fourth-order valence-electron chi connectivity index (χ4n) is 3.24. The van der Waals surface area contributed by atoms with Gasteiger partial charge in [0, 0.05) is 11.6 Å². The lowest BCUT2D eigenvalue weighted by molar-refractivity contribution is 0.101. The highest BCUT2D eigenvalue weighted by Gasteiger charge is 2.30. The molecule has 0 spiro atoms. The Kier molecular flexibility index (Phi) is 5.46. The Balaban J connectivity index is 1.57. The zero-order valence-corrected chi connectivity index (χ0v) is 17.1. The van der Waals surface area contributed by atoms with Crippen molar-refractivity contribution in [3.05, 3.63) is 93.5 Å². The van der Waals surface area contributed by atoms with Crippen LogP contribution in [0.25, 0.3) is 6.08 Å². The molecular formula is C24H18ClFO4. The Morgan fingerprint density at radius 2 is 1.93 bits per heavy atom. The van der Waals surface area contributed by atoms with Crippen LogP contribution in [0, 0.1) is 12.7 Å². The van der Waals surface area contributed by atoms with E-state index in [0.29, 0.717) is 33.4 Å². The lowest BCUT2D eigenvalue weighted by Crippen LogP contribution is -2.00. The van der Waals surface area contributed by atoms with E-state index in [1.54, 1.807) is 31.4 Å². The Hall–Kier alpha value is -3.31. The highest BCUT2D eigenvalue weighted by atomic mass is 35.5. The molecule has 0 unspecified atom stereocenters. The van der Waals surface area contributed by atoms with Gasteiger partial charge in [0.05, 0.1) is 17.7 Å². The number of carbonyl (C=O) groups is 1. The van der Waals surface area contributed by atoms with E-state index in [0.717, 1.165) is 11.1 Å². The van der Waals surface area contributed by atoms with E-state index in [1.807, 2.05) is 31.2 Å². The molecule has 152 valence electrons. The molecule has 4 rings (SSSR count). The highest BCUT2D eigenvalue weighted by Crippen LogP contribution is 2.38. The van der Waals surface area contributed by atoms with Crippen LogP contribution in [0.5, 0.6) is 17.2 Å². The quantitative estimate of drug-likeness (QED) is 0.472. The van der Waals surface area contributed by atoms with Crippen molar-refractivity contribution < 1.29 is 23.4 Å². The molecule has 0 saturated heterocycles. The summed E-state index contributed by atoms with van der Waals surface area (Å²) < 4.78 is 30.0. The lowest BCUT2D eigenvalue weighted by atomic mass is 10.0. The third-order valence-corrected chi connectivity index (χ3v) is 5.10. The highest BCUT2D eigenvalue weighted by molar-refractivity contribution is 6.31. The predicted octanol–water partition coefficient (Wildman–Crippen LogP) is 5.99. The van der Waals surface area contributed by atoms with Gasteiger partial charge in [0.25, 0.3) is 0 Å². The first kappa shape index (κ1) is 20.0. The maximum absolute atomic E-state index is 13.2. The van der Waals surface area contributed by atoms with Crippen molar-refractivity contribution in [3.63, 3.8) is 0 Å². The number of fused-ring (bicyclic) bond motifs is 1. The zero-order chi connectivity index (χ0) is 21.3. The van der Waals surface area contributed by atoms with Gasteiger partial charge in [-0.1, -0.05) is 29.8 Å². The molecule has 0 bridgehead atoms. The van der Waals surface area contributed by atoms with Gasteiger partial charge in [0.2, 0.25) is 5.78 Å². The molecule has 0 saturated carbocycles. The van der Waals surface area contributed by atoms with Gasteiger partial charge in [-0.25, -0.2) is 4.39 Å². The van der Waals surface area contributed by atoms with E-state index < -0.39 is 5.82 Å². The molecule has 1 aliphatic rings. The normalized spacial score (nSPS) is 13.9. The maximum Gasteiger partial charge on any atom is 0.232 e. The molecule has 1 aliphatic heterocycles. The molecule has 0 amide bonds. The Morgan fingerprint density at radius 3 is 2.70 bits per heavy atom. The number of rotatable bonds is 5. The summed E-state index contributed by atoms with van der Waals surface area (Å²) in [5.41, 5.74) is 2.71. The fraction of sp³-hybridized carbons (Fsp3) is 0.125. The van der Waals surface area contributed by atoms with Gasteiger partial charge >= 0.3 is 0 Å². The molecule has 1 heterocycles. The molecule has 3 aromatic rings. The summed E-state index contributed by atoms with van der Waals surface area (Å²) in [5.74, 6) is 1.31. The second-order valence-corrected chi connectivity index (χ2v) is 7.26. The number of benzene rings is 3. The van der Waals surface area contributed by atoms with Crippen LogP contribution >= 0.6 is 11.6 Å². The summed E-state index contributed by atoms with van der Waals surface area (Å²) in [6, 6.07) is 14.9. The van der Waals surface area contributed by atoms with Crippen LogP contribution < -0.4 is 14.2 Å². The molecule has 6 heteroatoms. The number of methoxy groups -OCH3 is 1. The summed E-state index contributed by atoms with van der Waals surface area (Å²) in [5, 5.41) is 0.294. The number of aryl methyl sites for hydroxylation is 1. The molecular weight excluding hydrogens is 407 g/mol. The van der Waals surface area contributed by atoms with Crippen LogP contribution in [-0.2, 0) is 6.61 Å². The number of carbonyl (C=O) groups excluding carboxylic acids is 1. The van der Waals surface area contributed by atoms with Crippen molar-refractivity contribution in [3.8, 4) is 17.2 Å². The minimum absolute atomic E-state index is 0.164. The molecule has 0 atom stereocenters. The van der Waals surface area contributed by atoms with Crippen molar-refractivity contribution in [1.82, 2.24) is 0 Å². The molecule has 3 aromatic carbocycles. The molecule has 4 nitrogen and oxygen atoms in total. The first-order valence-corrected chi connectivity index (χ1v) is 9.62. The molecule has 0 aliphatic carbocycles. The van der Waals surface area contributed by atoms with Crippen molar-refractivity contribution >= 4 is 23.5 Å². The number of halogens is 2. The van der Waals surface area contributed by atoms with E-state index in [4.69, 9.17) is 25.8 Å². The summed E-state index contributed by atoms with van der Waals surface area (Å²) >= 11 is 6.05. The Bertz CT molecular complexity index is 1170. The van der Waals surface area contributed by atoms with Crippen LogP contribution in [0.4, 0.5) is 4.39 Å². The van der Waals surface area contributed by atoms with Gasteiger partial charge in [0.1, 0.15) is 29.7 Å². The number of hydrogen-bond acceptors (Lipinski definition) is 4. The molecule has 30 heavy (non-hydrogen) atoms. The number of Topliss-reactive ketones (excluding diaryl/α,β-unsaturated/α-hetero) is 1. The number of allylic oxidation sites excluding steroid dienone is 1. The first-order valence-electron chi connectivity index (χ1n) is 9.24. The van der Waals surface area contributed by atoms with E-state index >= 15 is 0 Å². The Labute approximate surface area is 178 Å². The summed E-state index contributed by atoms with van der Waals surface area (Å²) in [7, 11) is 1.59.